The monoisotopic (exact) mass is 725 g/mol. The molecule has 0 aliphatic rings. The van der Waals surface area contributed by atoms with E-state index in [0.29, 0.717) is 0 Å². The minimum atomic E-state index is 1.15. The highest BCUT2D eigenvalue weighted by molar-refractivity contribution is 6.30. The minimum Gasteiger partial charge on any atom is -0.309 e. The summed E-state index contributed by atoms with van der Waals surface area (Å²) in [6.07, 6.45) is 0. The van der Waals surface area contributed by atoms with Gasteiger partial charge in [-0.05, 0) is 95.1 Å². The van der Waals surface area contributed by atoms with Gasteiger partial charge in [-0.15, -0.1) is 0 Å². The number of para-hydroxylation sites is 6. The Hall–Kier alpha value is -7.62. The van der Waals surface area contributed by atoms with Crippen molar-refractivity contribution >= 4 is 65.4 Å². The van der Waals surface area contributed by atoms with E-state index in [9.17, 15) is 0 Å². The third-order valence-corrected chi connectivity index (χ3v) is 11.8. The van der Waals surface area contributed by atoms with E-state index in [1.165, 1.54) is 87.7 Å². The van der Waals surface area contributed by atoms with Crippen LogP contribution in [0.25, 0.3) is 105 Å². The second-order valence-electron chi connectivity index (χ2n) is 14.9. The quantitative estimate of drug-likeness (QED) is 0.168. The van der Waals surface area contributed by atoms with E-state index in [1.807, 2.05) is 0 Å². The normalized spacial score (nSPS) is 11.9. The molecule has 3 nitrogen and oxygen atoms in total. The first-order valence-electron chi connectivity index (χ1n) is 19.6. The van der Waals surface area contributed by atoms with E-state index in [1.54, 1.807) is 0 Å². The van der Waals surface area contributed by atoms with Gasteiger partial charge in [0.2, 0.25) is 0 Å². The molecule has 0 aliphatic heterocycles. The summed E-state index contributed by atoms with van der Waals surface area (Å²) in [7, 11) is 0. The lowest BCUT2D eigenvalue weighted by atomic mass is 9.94. The van der Waals surface area contributed by atoms with Gasteiger partial charge in [-0.25, -0.2) is 0 Å². The molecule has 0 fully saturated rings. The molecule has 57 heavy (non-hydrogen) atoms. The summed E-state index contributed by atoms with van der Waals surface area (Å²) < 4.78 is 7.33. The van der Waals surface area contributed by atoms with E-state index in [2.05, 4.69) is 226 Å². The minimum absolute atomic E-state index is 1.15. The molecule has 0 radical (unpaired) electrons. The zero-order chi connectivity index (χ0) is 37.5. The first kappa shape index (κ1) is 31.7. The van der Waals surface area contributed by atoms with Crippen LogP contribution < -0.4 is 0 Å². The molecule has 0 amide bonds. The number of hydrogen-bond donors (Lipinski definition) is 0. The first-order valence-corrected chi connectivity index (χ1v) is 19.6. The van der Waals surface area contributed by atoms with Crippen molar-refractivity contribution in [2.45, 2.75) is 0 Å². The van der Waals surface area contributed by atoms with Crippen LogP contribution >= 0.6 is 0 Å². The summed E-state index contributed by atoms with van der Waals surface area (Å²) in [5.74, 6) is 0. The van der Waals surface area contributed by atoms with E-state index in [4.69, 9.17) is 0 Å². The summed E-state index contributed by atoms with van der Waals surface area (Å²) >= 11 is 0. The lowest BCUT2D eigenvalue weighted by Gasteiger charge is -2.14. The van der Waals surface area contributed by atoms with E-state index in [0.717, 1.165) is 17.1 Å². The molecule has 0 spiro atoms. The molecule has 0 aliphatic carbocycles. The Balaban J connectivity index is 1.15. The van der Waals surface area contributed by atoms with Crippen molar-refractivity contribution in [3.05, 3.63) is 212 Å². The lowest BCUT2D eigenvalue weighted by molar-refractivity contribution is 1.17. The second kappa shape index (κ2) is 12.5. The molecule has 3 heteroatoms. The smallest absolute Gasteiger partial charge is 0.0647 e. The molecule has 0 saturated heterocycles. The van der Waals surface area contributed by atoms with Gasteiger partial charge in [0.25, 0.3) is 0 Å². The topological polar surface area (TPSA) is 14.8 Å². The Morgan fingerprint density at radius 2 is 0.667 bits per heavy atom. The highest BCUT2D eigenvalue weighted by Gasteiger charge is 2.24. The molecule has 0 saturated carbocycles. The van der Waals surface area contributed by atoms with Gasteiger partial charge < -0.3 is 13.7 Å². The maximum atomic E-state index is 2.48. The van der Waals surface area contributed by atoms with Crippen molar-refractivity contribution in [2.24, 2.45) is 0 Å². The van der Waals surface area contributed by atoms with Crippen molar-refractivity contribution in [1.82, 2.24) is 13.7 Å². The fourth-order valence-corrected chi connectivity index (χ4v) is 9.42. The Kier molecular flexibility index (Phi) is 6.93. The fourth-order valence-electron chi connectivity index (χ4n) is 9.42. The molecule has 9 aromatic carbocycles. The van der Waals surface area contributed by atoms with Crippen molar-refractivity contribution < 1.29 is 0 Å². The van der Waals surface area contributed by atoms with Gasteiger partial charge in [-0.1, -0.05) is 140 Å². The molecule has 12 aromatic rings. The van der Waals surface area contributed by atoms with Crippen LogP contribution in [0.15, 0.2) is 212 Å². The fraction of sp³-hybridized carbons (Fsp3) is 0. The Bertz CT molecular complexity index is 3460. The van der Waals surface area contributed by atoms with Gasteiger partial charge in [0, 0.05) is 49.4 Å². The average Bonchev–Trinajstić information content (AvgIpc) is 3.93. The van der Waals surface area contributed by atoms with Crippen LogP contribution in [-0.2, 0) is 0 Å². The number of aromatic nitrogens is 3. The zero-order valence-electron chi connectivity index (χ0n) is 31.0. The molecule has 12 rings (SSSR count). The third-order valence-electron chi connectivity index (χ3n) is 11.8. The predicted octanol–water partition coefficient (Wildman–Crippen LogP) is 14.3. The van der Waals surface area contributed by atoms with Gasteiger partial charge >= 0.3 is 0 Å². The standard InChI is InChI=1S/C54H35N3/c1-3-20-39(21-4-1)55-49-31-13-10-28-45(49)53-51(55)35-46(52-44-27-9-14-32-50(44)57(54(52)53)40-22-5-2-6-23-40)38-19-15-17-36(33-38)37-18-16-24-41(34-37)56-47-29-11-7-25-42(47)43-26-8-12-30-48(43)56/h1-35H. The van der Waals surface area contributed by atoms with Crippen LogP contribution in [0.5, 0.6) is 0 Å². The molecule has 3 aromatic heterocycles. The zero-order valence-corrected chi connectivity index (χ0v) is 31.0. The van der Waals surface area contributed by atoms with Crippen molar-refractivity contribution in [1.29, 1.82) is 0 Å². The van der Waals surface area contributed by atoms with Crippen LogP contribution in [0, 0.1) is 0 Å². The highest BCUT2D eigenvalue weighted by atomic mass is 15.0. The second-order valence-corrected chi connectivity index (χ2v) is 14.9. The van der Waals surface area contributed by atoms with Crippen LogP contribution in [0.2, 0.25) is 0 Å². The maximum Gasteiger partial charge on any atom is 0.0647 e. The Labute approximate surface area is 329 Å². The molecule has 0 N–H and O–H groups in total. The number of nitrogens with zero attached hydrogens (tertiary/aromatic N) is 3. The van der Waals surface area contributed by atoms with Gasteiger partial charge in [0.1, 0.15) is 0 Å². The van der Waals surface area contributed by atoms with Crippen LogP contribution in [0.1, 0.15) is 0 Å². The molecular weight excluding hydrogens is 691 g/mol. The summed E-state index contributed by atoms with van der Waals surface area (Å²) in [4.78, 5) is 0. The molecule has 3 heterocycles. The number of rotatable bonds is 5. The van der Waals surface area contributed by atoms with Crippen molar-refractivity contribution in [3.8, 4) is 39.3 Å². The molecule has 0 atom stereocenters. The SMILES string of the molecule is c1ccc(-n2c3ccccc3c3c2cc(-c2cccc(-c4cccc(-n5c6ccccc6c6ccccc65)c4)c2)c2c4ccccc4n(-c4ccccc4)c23)cc1. The molecule has 0 bridgehead atoms. The van der Waals surface area contributed by atoms with Gasteiger partial charge in [-0.2, -0.15) is 0 Å². The van der Waals surface area contributed by atoms with Crippen LogP contribution in [0.3, 0.4) is 0 Å². The molecule has 266 valence electrons. The van der Waals surface area contributed by atoms with Gasteiger partial charge in [-0.3, -0.25) is 0 Å². The van der Waals surface area contributed by atoms with Crippen molar-refractivity contribution in [2.75, 3.05) is 0 Å². The van der Waals surface area contributed by atoms with E-state index >= 15 is 0 Å². The summed E-state index contributed by atoms with van der Waals surface area (Å²) in [5.41, 5.74) is 15.4. The number of fused-ring (bicyclic) bond motifs is 10. The van der Waals surface area contributed by atoms with E-state index < -0.39 is 0 Å². The van der Waals surface area contributed by atoms with E-state index in [-0.39, 0.29) is 0 Å². The van der Waals surface area contributed by atoms with Crippen LogP contribution in [-0.4, -0.2) is 13.7 Å². The summed E-state index contributed by atoms with van der Waals surface area (Å²) in [6, 6.07) is 77.4. The Morgan fingerprint density at radius 1 is 0.246 bits per heavy atom. The van der Waals surface area contributed by atoms with Crippen LogP contribution in [0.4, 0.5) is 0 Å². The van der Waals surface area contributed by atoms with Crippen molar-refractivity contribution in [3.63, 3.8) is 0 Å². The number of hydrogen-bond acceptors (Lipinski definition) is 0. The maximum absolute atomic E-state index is 2.48. The highest BCUT2D eigenvalue weighted by Crippen LogP contribution is 2.47. The average molecular weight is 726 g/mol. The first-order chi connectivity index (χ1) is 28.3. The molecule has 0 unspecified atom stereocenters. The largest absolute Gasteiger partial charge is 0.309 e. The molecular formula is C54H35N3. The van der Waals surface area contributed by atoms with Gasteiger partial charge in [0.05, 0.1) is 33.1 Å². The summed E-state index contributed by atoms with van der Waals surface area (Å²) in [6.45, 7) is 0. The van der Waals surface area contributed by atoms with Gasteiger partial charge in [0.15, 0.2) is 0 Å². The Morgan fingerprint density at radius 3 is 1.30 bits per heavy atom. The third kappa shape index (κ3) is 4.73. The summed E-state index contributed by atoms with van der Waals surface area (Å²) in [5, 5.41) is 7.52. The lowest BCUT2D eigenvalue weighted by Crippen LogP contribution is -1.96. The predicted molar refractivity (Wildman–Crippen MR) is 240 cm³/mol. The number of benzene rings is 9.